The molecule has 1 aromatic carbocycles. The van der Waals surface area contributed by atoms with Crippen molar-refractivity contribution in [2.45, 2.75) is 13.5 Å². The molecule has 4 nitrogen and oxygen atoms in total. The standard InChI is InChI=1S/C11H14N4S/c1-8-13-14-11(16-8)15(2)7-9-4-3-5-10(12)6-9/h3-6H,7,12H2,1-2H3. The average Bonchev–Trinajstić information content (AvgIpc) is 2.65. The minimum Gasteiger partial charge on any atom is -0.399 e. The van der Waals surface area contributed by atoms with E-state index in [4.69, 9.17) is 5.73 Å². The zero-order valence-electron chi connectivity index (χ0n) is 9.34. The van der Waals surface area contributed by atoms with E-state index in [0.29, 0.717) is 0 Å². The molecule has 0 spiro atoms. The smallest absolute Gasteiger partial charge is 0.208 e. The number of rotatable bonds is 3. The first-order valence-electron chi connectivity index (χ1n) is 5.01. The Labute approximate surface area is 98.7 Å². The van der Waals surface area contributed by atoms with Gasteiger partial charge < -0.3 is 10.6 Å². The van der Waals surface area contributed by atoms with Gasteiger partial charge in [0.25, 0.3) is 0 Å². The Morgan fingerprint density at radius 3 is 2.81 bits per heavy atom. The molecule has 0 radical (unpaired) electrons. The highest BCUT2D eigenvalue weighted by Gasteiger charge is 2.07. The summed E-state index contributed by atoms with van der Waals surface area (Å²) in [4.78, 5) is 2.07. The first-order chi connectivity index (χ1) is 7.65. The Balaban J connectivity index is 2.10. The topological polar surface area (TPSA) is 55.0 Å². The summed E-state index contributed by atoms with van der Waals surface area (Å²) in [6.07, 6.45) is 0. The Kier molecular flexibility index (Phi) is 3.05. The largest absolute Gasteiger partial charge is 0.399 e. The molecule has 2 rings (SSSR count). The third-order valence-corrected chi connectivity index (χ3v) is 3.17. The summed E-state index contributed by atoms with van der Waals surface area (Å²) in [7, 11) is 2.00. The van der Waals surface area contributed by atoms with E-state index in [2.05, 4.69) is 21.2 Å². The Morgan fingerprint density at radius 2 is 2.19 bits per heavy atom. The van der Waals surface area contributed by atoms with Crippen molar-refractivity contribution in [1.82, 2.24) is 10.2 Å². The molecule has 0 amide bonds. The van der Waals surface area contributed by atoms with Crippen LogP contribution < -0.4 is 10.6 Å². The molecule has 0 saturated carbocycles. The second-order valence-corrected chi connectivity index (χ2v) is 4.86. The van der Waals surface area contributed by atoms with Gasteiger partial charge in [-0.1, -0.05) is 23.5 Å². The van der Waals surface area contributed by atoms with Crippen molar-refractivity contribution in [3.8, 4) is 0 Å². The Morgan fingerprint density at radius 1 is 1.38 bits per heavy atom. The van der Waals surface area contributed by atoms with E-state index in [-0.39, 0.29) is 0 Å². The number of nitrogen functional groups attached to an aromatic ring is 1. The predicted octanol–water partition coefficient (Wildman–Crippen LogP) is 2.07. The second-order valence-electron chi connectivity index (χ2n) is 3.70. The molecular weight excluding hydrogens is 220 g/mol. The third-order valence-electron chi connectivity index (χ3n) is 2.21. The number of hydrogen-bond donors (Lipinski definition) is 1. The normalized spacial score (nSPS) is 10.4. The lowest BCUT2D eigenvalue weighted by Crippen LogP contribution is -2.16. The fraction of sp³-hybridized carbons (Fsp3) is 0.273. The number of aromatic nitrogens is 2. The zero-order chi connectivity index (χ0) is 11.5. The van der Waals surface area contributed by atoms with Crippen molar-refractivity contribution in [2.24, 2.45) is 0 Å². The van der Waals surface area contributed by atoms with Crippen molar-refractivity contribution in [1.29, 1.82) is 0 Å². The first kappa shape index (κ1) is 10.9. The van der Waals surface area contributed by atoms with Gasteiger partial charge in [0.1, 0.15) is 5.01 Å². The summed E-state index contributed by atoms with van der Waals surface area (Å²) in [5.74, 6) is 0. The van der Waals surface area contributed by atoms with Crippen LogP contribution in [-0.4, -0.2) is 17.2 Å². The molecule has 0 aliphatic carbocycles. The predicted molar refractivity (Wildman–Crippen MR) is 67.6 cm³/mol. The SMILES string of the molecule is Cc1nnc(N(C)Cc2cccc(N)c2)s1. The lowest BCUT2D eigenvalue weighted by molar-refractivity contribution is 0.891. The van der Waals surface area contributed by atoms with Gasteiger partial charge >= 0.3 is 0 Å². The van der Waals surface area contributed by atoms with Crippen molar-refractivity contribution in [3.05, 3.63) is 34.8 Å². The van der Waals surface area contributed by atoms with Crippen LogP contribution >= 0.6 is 11.3 Å². The molecule has 0 unspecified atom stereocenters. The molecule has 2 N–H and O–H groups in total. The molecular formula is C11H14N4S. The highest BCUT2D eigenvalue weighted by atomic mass is 32.1. The van der Waals surface area contributed by atoms with Crippen LogP contribution in [0.5, 0.6) is 0 Å². The molecule has 0 aliphatic heterocycles. The summed E-state index contributed by atoms with van der Waals surface area (Å²) in [5, 5.41) is 10.0. The second kappa shape index (κ2) is 4.49. The lowest BCUT2D eigenvalue weighted by Gasteiger charge is -2.15. The summed E-state index contributed by atoms with van der Waals surface area (Å²) >= 11 is 1.59. The van der Waals surface area contributed by atoms with Crippen LogP contribution in [0, 0.1) is 6.92 Å². The number of anilines is 2. The number of nitrogens with zero attached hydrogens (tertiary/aromatic N) is 3. The van der Waals surface area contributed by atoms with E-state index in [1.807, 2.05) is 32.2 Å². The summed E-state index contributed by atoms with van der Waals surface area (Å²) in [6.45, 7) is 2.75. The van der Waals surface area contributed by atoms with Crippen LogP contribution in [0.2, 0.25) is 0 Å². The fourth-order valence-corrected chi connectivity index (χ4v) is 2.12. The van der Waals surface area contributed by atoms with Crippen LogP contribution in [0.3, 0.4) is 0 Å². The number of benzene rings is 1. The highest BCUT2D eigenvalue weighted by molar-refractivity contribution is 7.15. The van der Waals surface area contributed by atoms with Crippen molar-refractivity contribution < 1.29 is 0 Å². The number of hydrogen-bond acceptors (Lipinski definition) is 5. The summed E-state index contributed by atoms with van der Waals surface area (Å²) in [6, 6.07) is 7.88. The van der Waals surface area contributed by atoms with Gasteiger partial charge in [-0.05, 0) is 24.6 Å². The van der Waals surface area contributed by atoms with Gasteiger partial charge in [0.15, 0.2) is 0 Å². The molecule has 0 fully saturated rings. The minimum absolute atomic E-state index is 0.791. The minimum atomic E-state index is 0.791. The average molecular weight is 234 g/mol. The Hall–Kier alpha value is -1.62. The molecule has 0 atom stereocenters. The molecule has 5 heteroatoms. The first-order valence-corrected chi connectivity index (χ1v) is 5.82. The summed E-state index contributed by atoms with van der Waals surface area (Å²) in [5.41, 5.74) is 7.70. The molecule has 16 heavy (non-hydrogen) atoms. The van der Waals surface area contributed by atoms with E-state index in [9.17, 15) is 0 Å². The third kappa shape index (κ3) is 2.49. The molecule has 0 aliphatic rings. The van der Waals surface area contributed by atoms with Crippen LogP contribution in [0.1, 0.15) is 10.6 Å². The number of aryl methyl sites for hydroxylation is 1. The maximum absolute atomic E-state index is 5.73. The quantitative estimate of drug-likeness (QED) is 0.826. The lowest BCUT2D eigenvalue weighted by atomic mass is 10.2. The molecule has 84 valence electrons. The van der Waals surface area contributed by atoms with Gasteiger partial charge in [0, 0.05) is 19.3 Å². The fourth-order valence-electron chi connectivity index (χ4n) is 1.47. The molecule has 1 aromatic heterocycles. The highest BCUT2D eigenvalue weighted by Crippen LogP contribution is 2.20. The van der Waals surface area contributed by atoms with Gasteiger partial charge in [-0.15, -0.1) is 10.2 Å². The van der Waals surface area contributed by atoms with Crippen LogP contribution in [0.4, 0.5) is 10.8 Å². The van der Waals surface area contributed by atoms with E-state index in [1.54, 1.807) is 11.3 Å². The zero-order valence-corrected chi connectivity index (χ0v) is 10.2. The van der Waals surface area contributed by atoms with Gasteiger partial charge in [-0.2, -0.15) is 0 Å². The van der Waals surface area contributed by atoms with E-state index >= 15 is 0 Å². The van der Waals surface area contributed by atoms with E-state index < -0.39 is 0 Å². The van der Waals surface area contributed by atoms with Crippen molar-refractivity contribution >= 4 is 22.2 Å². The number of nitrogens with two attached hydrogens (primary N) is 1. The summed E-state index contributed by atoms with van der Waals surface area (Å²) < 4.78 is 0. The van der Waals surface area contributed by atoms with Crippen LogP contribution in [0.25, 0.3) is 0 Å². The maximum Gasteiger partial charge on any atom is 0.208 e. The van der Waals surface area contributed by atoms with Crippen molar-refractivity contribution in [3.63, 3.8) is 0 Å². The monoisotopic (exact) mass is 234 g/mol. The molecule has 1 heterocycles. The van der Waals surface area contributed by atoms with Gasteiger partial charge in [-0.25, -0.2) is 0 Å². The van der Waals surface area contributed by atoms with E-state index in [0.717, 1.165) is 22.4 Å². The molecule has 0 saturated heterocycles. The van der Waals surface area contributed by atoms with Gasteiger partial charge in [0.2, 0.25) is 5.13 Å². The van der Waals surface area contributed by atoms with E-state index in [1.165, 1.54) is 5.56 Å². The molecule has 2 aromatic rings. The molecule has 0 bridgehead atoms. The van der Waals surface area contributed by atoms with Gasteiger partial charge in [-0.3, -0.25) is 0 Å². The van der Waals surface area contributed by atoms with Crippen LogP contribution in [-0.2, 0) is 6.54 Å². The van der Waals surface area contributed by atoms with Crippen molar-refractivity contribution in [2.75, 3.05) is 17.7 Å². The van der Waals surface area contributed by atoms with Gasteiger partial charge in [0.05, 0.1) is 0 Å². The maximum atomic E-state index is 5.73. The van der Waals surface area contributed by atoms with Crippen LogP contribution in [0.15, 0.2) is 24.3 Å². The Bertz CT molecular complexity index is 480.